The predicted molar refractivity (Wildman–Crippen MR) is 59.0 cm³/mol. The quantitative estimate of drug-likeness (QED) is 0.770. The van der Waals surface area contributed by atoms with Gasteiger partial charge in [-0.15, -0.1) is 0 Å². The van der Waals surface area contributed by atoms with E-state index < -0.39 is 0 Å². The van der Waals surface area contributed by atoms with E-state index in [9.17, 15) is 4.79 Å². The SMILES string of the molecule is Cc1nc2c(c(=O)n1C(C)CN)CCC2. The van der Waals surface area contributed by atoms with Crippen molar-refractivity contribution in [2.45, 2.75) is 39.2 Å². The van der Waals surface area contributed by atoms with Crippen LogP contribution < -0.4 is 11.3 Å². The number of hydrogen-bond acceptors (Lipinski definition) is 3. The molecule has 2 rings (SSSR count). The molecule has 1 aliphatic carbocycles. The van der Waals surface area contributed by atoms with Gasteiger partial charge in [0.05, 0.1) is 5.69 Å². The minimum atomic E-state index is 0.0379. The van der Waals surface area contributed by atoms with Gasteiger partial charge in [0.15, 0.2) is 0 Å². The molecule has 2 N–H and O–H groups in total. The smallest absolute Gasteiger partial charge is 0.257 e. The van der Waals surface area contributed by atoms with Crippen molar-refractivity contribution in [3.05, 3.63) is 27.4 Å². The molecule has 1 aliphatic rings. The molecule has 1 atom stereocenters. The summed E-state index contributed by atoms with van der Waals surface area (Å²) in [4.78, 5) is 16.6. The molecular weight excluding hydrogens is 190 g/mol. The number of nitrogens with zero attached hydrogens (tertiary/aromatic N) is 2. The van der Waals surface area contributed by atoms with Crippen LogP contribution in [0.25, 0.3) is 0 Å². The Morgan fingerprint density at radius 3 is 2.93 bits per heavy atom. The van der Waals surface area contributed by atoms with Crippen molar-refractivity contribution >= 4 is 0 Å². The molecule has 4 nitrogen and oxygen atoms in total. The molecule has 0 aliphatic heterocycles. The molecule has 0 aromatic carbocycles. The highest BCUT2D eigenvalue weighted by Crippen LogP contribution is 2.17. The number of nitrogens with two attached hydrogens (primary N) is 1. The number of fused-ring (bicyclic) bond motifs is 1. The van der Waals surface area contributed by atoms with Gasteiger partial charge in [0.2, 0.25) is 0 Å². The third-order valence-corrected chi connectivity index (χ3v) is 3.09. The lowest BCUT2D eigenvalue weighted by Gasteiger charge is -2.16. The van der Waals surface area contributed by atoms with Gasteiger partial charge in [0, 0.05) is 18.2 Å². The topological polar surface area (TPSA) is 60.9 Å². The monoisotopic (exact) mass is 207 g/mol. The summed E-state index contributed by atoms with van der Waals surface area (Å²) in [6.07, 6.45) is 2.88. The van der Waals surface area contributed by atoms with Crippen molar-refractivity contribution in [2.24, 2.45) is 5.73 Å². The van der Waals surface area contributed by atoms with E-state index in [1.807, 2.05) is 13.8 Å². The highest BCUT2D eigenvalue weighted by Gasteiger charge is 2.20. The van der Waals surface area contributed by atoms with Gasteiger partial charge in [-0.05, 0) is 33.1 Å². The van der Waals surface area contributed by atoms with Crippen LogP contribution in [0.5, 0.6) is 0 Å². The molecule has 0 radical (unpaired) electrons. The van der Waals surface area contributed by atoms with E-state index >= 15 is 0 Å². The first kappa shape index (κ1) is 10.4. The lowest BCUT2D eigenvalue weighted by molar-refractivity contribution is 0.511. The molecule has 0 spiro atoms. The minimum Gasteiger partial charge on any atom is -0.328 e. The van der Waals surface area contributed by atoms with Crippen molar-refractivity contribution in [1.82, 2.24) is 9.55 Å². The number of rotatable bonds is 2. The molecule has 15 heavy (non-hydrogen) atoms. The Labute approximate surface area is 89.1 Å². The summed E-state index contributed by atoms with van der Waals surface area (Å²) in [7, 11) is 0. The number of aryl methyl sites for hydroxylation is 2. The van der Waals surface area contributed by atoms with Crippen LogP contribution in [0, 0.1) is 6.92 Å². The van der Waals surface area contributed by atoms with E-state index in [-0.39, 0.29) is 11.6 Å². The highest BCUT2D eigenvalue weighted by molar-refractivity contribution is 5.23. The van der Waals surface area contributed by atoms with Gasteiger partial charge >= 0.3 is 0 Å². The second-order valence-corrected chi connectivity index (χ2v) is 4.20. The van der Waals surface area contributed by atoms with Crippen LogP contribution in [-0.4, -0.2) is 16.1 Å². The van der Waals surface area contributed by atoms with E-state index in [1.165, 1.54) is 0 Å². The van der Waals surface area contributed by atoms with Gasteiger partial charge in [-0.25, -0.2) is 4.98 Å². The summed E-state index contributed by atoms with van der Waals surface area (Å²) in [5.41, 5.74) is 7.62. The maximum absolute atomic E-state index is 12.1. The molecule has 82 valence electrons. The molecule has 1 heterocycles. The summed E-state index contributed by atoms with van der Waals surface area (Å²) >= 11 is 0. The molecule has 0 amide bonds. The van der Waals surface area contributed by atoms with Crippen LogP contribution >= 0.6 is 0 Å². The van der Waals surface area contributed by atoms with Crippen LogP contribution in [0.3, 0.4) is 0 Å². The lowest BCUT2D eigenvalue weighted by atomic mass is 10.2. The first-order valence-electron chi connectivity index (χ1n) is 5.46. The molecule has 0 saturated heterocycles. The normalized spacial score (nSPS) is 16.5. The zero-order chi connectivity index (χ0) is 11.0. The highest BCUT2D eigenvalue weighted by atomic mass is 16.1. The minimum absolute atomic E-state index is 0.0379. The average molecular weight is 207 g/mol. The van der Waals surface area contributed by atoms with Gasteiger partial charge in [-0.2, -0.15) is 0 Å². The van der Waals surface area contributed by atoms with E-state index in [4.69, 9.17) is 5.73 Å². The number of hydrogen-bond donors (Lipinski definition) is 1. The largest absolute Gasteiger partial charge is 0.328 e. The second kappa shape index (κ2) is 3.77. The summed E-state index contributed by atoms with van der Waals surface area (Å²) in [5.74, 6) is 0.790. The fourth-order valence-electron chi connectivity index (χ4n) is 2.25. The Morgan fingerprint density at radius 2 is 2.27 bits per heavy atom. The maximum Gasteiger partial charge on any atom is 0.257 e. The Bertz CT molecular complexity index is 436. The first-order chi connectivity index (χ1) is 7.15. The Kier molecular flexibility index (Phi) is 2.61. The van der Waals surface area contributed by atoms with Gasteiger partial charge in [-0.3, -0.25) is 9.36 Å². The van der Waals surface area contributed by atoms with Crippen LogP contribution in [0.4, 0.5) is 0 Å². The van der Waals surface area contributed by atoms with Gasteiger partial charge in [0.1, 0.15) is 5.82 Å². The van der Waals surface area contributed by atoms with Crippen LogP contribution in [-0.2, 0) is 12.8 Å². The van der Waals surface area contributed by atoms with E-state index in [0.29, 0.717) is 6.54 Å². The zero-order valence-corrected chi connectivity index (χ0v) is 9.29. The third-order valence-electron chi connectivity index (χ3n) is 3.09. The van der Waals surface area contributed by atoms with Crippen molar-refractivity contribution in [2.75, 3.05) is 6.54 Å². The summed E-state index contributed by atoms with van der Waals surface area (Å²) in [6, 6.07) is 0.0379. The molecule has 1 aromatic heterocycles. The van der Waals surface area contributed by atoms with E-state index in [1.54, 1.807) is 4.57 Å². The number of aromatic nitrogens is 2. The third kappa shape index (κ3) is 1.59. The fourth-order valence-corrected chi connectivity index (χ4v) is 2.25. The molecular formula is C11H17N3O. The van der Waals surface area contributed by atoms with Gasteiger partial charge in [-0.1, -0.05) is 0 Å². The van der Waals surface area contributed by atoms with E-state index in [0.717, 1.165) is 36.3 Å². The van der Waals surface area contributed by atoms with Crippen molar-refractivity contribution in [3.8, 4) is 0 Å². The average Bonchev–Trinajstić information content (AvgIpc) is 2.65. The zero-order valence-electron chi connectivity index (χ0n) is 9.29. The molecule has 4 heteroatoms. The molecule has 1 unspecified atom stereocenters. The summed E-state index contributed by atoms with van der Waals surface area (Å²) in [5, 5.41) is 0. The Morgan fingerprint density at radius 1 is 1.53 bits per heavy atom. The molecule has 0 saturated carbocycles. The Balaban J connectivity index is 2.61. The maximum atomic E-state index is 12.1. The second-order valence-electron chi connectivity index (χ2n) is 4.20. The molecule has 0 fully saturated rings. The van der Waals surface area contributed by atoms with Crippen LogP contribution in [0.2, 0.25) is 0 Å². The summed E-state index contributed by atoms with van der Waals surface area (Å²) in [6.45, 7) is 4.31. The first-order valence-corrected chi connectivity index (χ1v) is 5.46. The summed E-state index contributed by atoms with van der Waals surface area (Å²) < 4.78 is 1.73. The standard InChI is InChI=1S/C11H17N3O/c1-7(6-12)14-8(2)13-10-5-3-4-9(10)11(14)15/h7H,3-6,12H2,1-2H3. The van der Waals surface area contributed by atoms with Gasteiger partial charge < -0.3 is 5.73 Å². The van der Waals surface area contributed by atoms with Crippen LogP contribution in [0.15, 0.2) is 4.79 Å². The van der Waals surface area contributed by atoms with Crippen molar-refractivity contribution in [1.29, 1.82) is 0 Å². The molecule has 0 bridgehead atoms. The van der Waals surface area contributed by atoms with Crippen molar-refractivity contribution < 1.29 is 0 Å². The fraction of sp³-hybridized carbons (Fsp3) is 0.636. The van der Waals surface area contributed by atoms with Crippen LogP contribution in [0.1, 0.15) is 36.5 Å². The predicted octanol–water partition coefficient (Wildman–Crippen LogP) is 0.560. The van der Waals surface area contributed by atoms with Gasteiger partial charge in [0.25, 0.3) is 5.56 Å². The Hall–Kier alpha value is -1.16. The van der Waals surface area contributed by atoms with Crippen molar-refractivity contribution in [3.63, 3.8) is 0 Å². The lowest BCUT2D eigenvalue weighted by Crippen LogP contribution is -2.32. The van der Waals surface area contributed by atoms with E-state index in [2.05, 4.69) is 4.98 Å². The molecule has 1 aromatic rings.